The fraction of sp³-hybridized carbons (Fsp3) is 0.267. The summed E-state index contributed by atoms with van der Waals surface area (Å²) < 4.78 is 24.6. The highest BCUT2D eigenvalue weighted by molar-refractivity contribution is 7.55. The van der Waals surface area contributed by atoms with Crippen molar-refractivity contribution >= 4 is 13.5 Å². The molecule has 0 radical (unpaired) electrons. The van der Waals surface area contributed by atoms with Gasteiger partial charge in [-0.2, -0.15) is 0 Å². The van der Waals surface area contributed by atoms with Crippen molar-refractivity contribution in [3.63, 3.8) is 0 Å². The Morgan fingerprint density at radius 1 is 1.05 bits per heavy atom. The van der Waals surface area contributed by atoms with Crippen molar-refractivity contribution in [3.8, 4) is 0 Å². The summed E-state index contributed by atoms with van der Waals surface area (Å²) in [5, 5.41) is 0. The molecule has 0 aliphatic carbocycles. The van der Waals surface area contributed by atoms with Crippen LogP contribution in [0.15, 0.2) is 48.7 Å². The molecule has 1 aliphatic heterocycles. The Bertz CT molecular complexity index is 701. The van der Waals surface area contributed by atoms with E-state index in [-0.39, 0.29) is 11.8 Å². The zero-order chi connectivity index (χ0) is 15.0. The van der Waals surface area contributed by atoms with Crippen LogP contribution in [0.3, 0.4) is 0 Å². The SMILES string of the molecule is COP(=O)(OC)C1C(=O)n2cccc2C1c1ccccc1. The molecule has 0 amide bonds. The summed E-state index contributed by atoms with van der Waals surface area (Å²) in [6, 6.07) is 13.2. The lowest BCUT2D eigenvalue weighted by Gasteiger charge is -2.24. The van der Waals surface area contributed by atoms with Gasteiger partial charge in [0.25, 0.3) is 0 Å². The van der Waals surface area contributed by atoms with Crippen LogP contribution in [0, 0.1) is 0 Å². The molecule has 1 aromatic heterocycles. The Morgan fingerprint density at radius 3 is 2.33 bits per heavy atom. The van der Waals surface area contributed by atoms with Crippen LogP contribution in [-0.4, -0.2) is 30.4 Å². The summed E-state index contributed by atoms with van der Waals surface area (Å²) in [7, 11) is -0.901. The Labute approximate surface area is 123 Å². The number of rotatable bonds is 4. The molecule has 0 fully saturated rings. The average Bonchev–Trinajstić information content (AvgIpc) is 3.10. The molecule has 0 saturated carbocycles. The molecule has 0 N–H and O–H groups in total. The van der Waals surface area contributed by atoms with E-state index in [1.54, 1.807) is 6.20 Å². The van der Waals surface area contributed by atoms with Crippen LogP contribution in [0.25, 0.3) is 0 Å². The predicted octanol–water partition coefficient (Wildman–Crippen LogP) is 3.13. The van der Waals surface area contributed by atoms with Crippen molar-refractivity contribution in [1.29, 1.82) is 0 Å². The molecular weight excluding hydrogens is 289 g/mol. The molecule has 3 rings (SSSR count). The zero-order valence-corrected chi connectivity index (χ0v) is 12.7. The summed E-state index contributed by atoms with van der Waals surface area (Å²) in [5.74, 6) is -0.588. The highest BCUT2D eigenvalue weighted by Crippen LogP contribution is 2.60. The summed E-state index contributed by atoms with van der Waals surface area (Å²) in [6.07, 6.45) is 1.68. The number of fused-ring (bicyclic) bond motifs is 1. The van der Waals surface area contributed by atoms with E-state index in [9.17, 15) is 9.36 Å². The molecule has 2 atom stereocenters. The highest BCUT2D eigenvalue weighted by Gasteiger charge is 2.52. The Morgan fingerprint density at radius 2 is 1.71 bits per heavy atom. The van der Waals surface area contributed by atoms with Gasteiger partial charge in [0.2, 0.25) is 5.91 Å². The van der Waals surface area contributed by atoms with E-state index < -0.39 is 13.3 Å². The van der Waals surface area contributed by atoms with Crippen LogP contribution in [0.4, 0.5) is 0 Å². The Hall–Kier alpha value is -1.68. The first kappa shape index (κ1) is 14.3. The van der Waals surface area contributed by atoms with E-state index in [0.29, 0.717) is 0 Å². The lowest BCUT2D eigenvalue weighted by atomic mass is 9.94. The van der Waals surface area contributed by atoms with Gasteiger partial charge in [0.05, 0.1) is 0 Å². The van der Waals surface area contributed by atoms with E-state index in [2.05, 4.69) is 0 Å². The van der Waals surface area contributed by atoms with Gasteiger partial charge < -0.3 is 9.05 Å². The smallest absolute Gasteiger partial charge is 0.311 e. The minimum atomic E-state index is -3.53. The molecule has 6 heteroatoms. The van der Waals surface area contributed by atoms with Crippen molar-refractivity contribution in [2.75, 3.05) is 14.2 Å². The van der Waals surface area contributed by atoms with E-state index in [4.69, 9.17) is 9.05 Å². The second kappa shape index (κ2) is 5.26. The largest absolute Gasteiger partial charge is 0.343 e. The zero-order valence-electron chi connectivity index (χ0n) is 11.8. The summed E-state index contributed by atoms with van der Waals surface area (Å²) in [4.78, 5) is 12.6. The second-order valence-electron chi connectivity index (χ2n) is 4.88. The Balaban J connectivity index is 2.17. The number of carbonyl (C=O) groups excluding carboxylic acids is 1. The third-order valence-corrected chi connectivity index (χ3v) is 6.13. The van der Waals surface area contributed by atoms with Gasteiger partial charge in [-0.05, 0) is 17.7 Å². The molecule has 21 heavy (non-hydrogen) atoms. The van der Waals surface area contributed by atoms with E-state index in [1.807, 2.05) is 42.5 Å². The third kappa shape index (κ3) is 2.09. The summed E-state index contributed by atoms with van der Waals surface area (Å²) in [5.41, 5.74) is 0.874. The lowest BCUT2D eigenvalue weighted by molar-refractivity contribution is 0.0912. The first-order chi connectivity index (χ1) is 10.1. The normalized spacial score (nSPS) is 21.5. The van der Waals surface area contributed by atoms with Gasteiger partial charge in [-0.3, -0.25) is 13.9 Å². The molecule has 0 bridgehead atoms. The molecule has 0 saturated heterocycles. The molecule has 2 aromatic rings. The molecule has 2 unspecified atom stereocenters. The van der Waals surface area contributed by atoms with Crippen LogP contribution < -0.4 is 0 Å². The van der Waals surface area contributed by atoms with Gasteiger partial charge in [-0.1, -0.05) is 30.3 Å². The highest BCUT2D eigenvalue weighted by atomic mass is 31.2. The van der Waals surface area contributed by atoms with E-state index >= 15 is 0 Å². The first-order valence-corrected chi connectivity index (χ1v) is 8.21. The van der Waals surface area contributed by atoms with Gasteiger partial charge >= 0.3 is 7.60 Å². The lowest BCUT2D eigenvalue weighted by Crippen LogP contribution is -2.25. The van der Waals surface area contributed by atoms with Crippen molar-refractivity contribution in [2.24, 2.45) is 0 Å². The molecule has 110 valence electrons. The van der Waals surface area contributed by atoms with Crippen molar-refractivity contribution in [3.05, 3.63) is 59.9 Å². The van der Waals surface area contributed by atoms with Gasteiger partial charge in [0.15, 0.2) is 5.66 Å². The van der Waals surface area contributed by atoms with Crippen LogP contribution in [0.1, 0.15) is 22.0 Å². The number of benzene rings is 1. The van der Waals surface area contributed by atoms with Crippen LogP contribution in [-0.2, 0) is 13.6 Å². The minimum absolute atomic E-state index is 0.254. The first-order valence-electron chi connectivity index (χ1n) is 6.60. The average molecular weight is 305 g/mol. The van der Waals surface area contributed by atoms with Crippen LogP contribution >= 0.6 is 7.60 Å². The third-order valence-electron chi connectivity index (χ3n) is 3.91. The number of carbonyl (C=O) groups is 1. The van der Waals surface area contributed by atoms with Gasteiger partial charge in [0, 0.05) is 32.0 Å². The summed E-state index contributed by atoms with van der Waals surface area (Å²) in [6.45, 7) is 0. The summed E-state index contributed by atoms with van der Waals surface area (Å²) >= 11 is 0. The molecule has 5 nitrogen and oxygen atoms in total. The van der Waals surface area contributed by atoms with Gasteiger partial charge in [-0.25, -0.2) is 0 Å². The molecule has 0 spiro atoms. The molecule has 1 aromatic carbocycles. The Kier molecular flexibility index (Phi) is 3.57. The maximum Gasteiger partial charge on any atom is 0.343 e. The van der Waals surface area contributed by atoms with E-state index in [0.717, 1.165) is 11.3 Å². The predicted molar refractivity (Wildman–Crippen MR) is 78.8 cm³/mol. The van der Waals surface area contributed by atoms with E-state index in [1.165, 1.54) is 18.8 Å². The van der Waals surface area contributed by atoms with Crippen molar-refractivity contribution < 1.29 is 18.4 Å². The van der Waals surface area contributed by atoms with Crippen molar-refractivity contribution in [2.45, 2.75) is 11.6 Å². The number of hydrogen-bond acceptors (Lipinski definition) is 4. The minimum Gasteiger partial charge on any atom is -0.311 e. The fourth-order valence-corrected chi connectivity index (χ4v) is 4.62. The number of nitrogens with zero attached hydrogens (tertiary/aromatic N) is 1. The molecule has 1 aliphatic rings. The van der Waals surface area contributed by atoms with Crippen LogP contribution in [0.2, 0.25) is 0 Å². The monoisotopic (exact) mass is 305 g/mol. The topological polar surface area (TPSA) is 57.5 Å². The van der Waals surface area contributed by atoms with Gasteiger partial charge in [0.1, 0.15) is 0 Å². The number of aromatic nitrogens is 1. The van der Waals surface area contributed by atoms with Gasteiger partial charge in [-0.15, -0.1) is 0 Å². The second-order valence-corrected chi connectivity index (χ2v) is 7.25. The molecular formula is C15H16NO4P. The standard InChI is InChI=1S/C15H16NO4P/c1-19-21(18,20-2)14-13(11-7-4-3-5-8-11)12-9-6-10-16(12)15(14)17/h3-10,13-14H,1-2H3. The maximum absolute atomic E-state index is 12.8. The van der Waals surface area contributed by atoms with Crippen molar-refractivity contribution in [1.82, 2.24) is 4.57 Å². The molecule has 2 heterocycles. The quantitative estimate of drug-likeness (QED) is 0.814. The van der Waals surface area contributed by atoms with Crippen LogP contribution in [0.5, 0.6) is 0 Å². The maximum atomic E-state index is 12.8. The number of hydrogen-bond donors (Lipinski definition) is 0. The fourth-order valence-electron chi connectivity index (χ4n) is 2.93.